The lowest BCUT2D eigenvalue weighted by molar-refractivity contribution is -0.137. The number of amides is 2. The molecule has 2 rings (SSSR count). The van der Waals surface area contributed by atoms with Crippen molar-refractivity contribution in [2.45, 2.75) is 32.7 Å². The summed E-state index contributed by atoms with van der Waals surface area (Å²) in [6, 6.07) is 5.33. The summed E-state index contributed by atoms with van der Waals surface area (Å²) in [6.07, 6.45) is 2.42. The highest BCUT2D eigenvalue weighted by atomic mass is 35.5. The lowest BCUT2D eigenvalue weighted by Crippen LogP contribution is -2.42. The van der Waals surface area contributed by atoms with Crippen LogP contribution in [0.2, 0.25) is 5.02 Å². The van der Waals surface area contributed by atoms with E-state index in [-0.39, 0.29) is 18.4 Å². The highest BCUT2D eigenvalue weighted by molar-refractivity contribution is 6.30. The van der Waals surface area contributed by atoms with Crippen LogP contribution in [0.25, 0.3) is 0 Å². The molecule has 6 heteroatoms. The van der Waals surface area contributed by atoms with Gasteiger partial charge in [0.25, 0.3) is 0 Å². The Morgan fingerprint density at radius 2 is 2.23 bits per heavy atom. The summed E-state index contributed by atoms with van der Waals surface area (Å²) in [7, 11) is 0. The van der Waals surface area contributed by atoms with Gasteiger partial charge in [-0.3, -0.25) is 9.59 Å². The van der Waals surface area contributed by atoms with Crippen molar-refractivity contribution in [3.8, 4) is 5.75 Å². The second-order valence-corrected chi connectivity index (χ2v) is 5.67. The maximum Gasteiger partial charge on any atom is 0.239 e. The monoisotopic (exact) mass is 324 g/mol. The number of carbonyl (C=O) groups is 2. The van der Waals surface area contributed by atoms with Crippen molar-refractivity contribution in [3.63, 3.8) is 0 Å². The predicted octanol–water partition coefficient (Wildman–Crippen LogP) is 2.37. The summed E-state index contributed by atoms with van der Waals surface area (Å²) in [5.74, 6) is 0.569. The molecule has 0 aromatic heterocycles. The number of rotatable bonds is 6. The zero-order valence-corrected chi connectivity index (χ0v) is 13.5. The summed E-state index contributed by atoms with van der Waals surface area (Å²) in [5.41, 5.74) is 0.865. The molecule has 120 valence electrons. The summed E-state index contributed by atoms with van der Waals surface area (Å²) in [6.45, 7) is 3.57. The maximum absolute atomic E-state index is 12.0. The van der Waals surface area contributed by atoms with Crippen molar-refractivity contribution in [2.75, 3.05) is 19.7 Å². The zero-order valence-electron chi connectivity index (χ0n) is 12.7. The fourth-order valence-corrected chi connectivity index (χ4v) is 2.58. The van der Waals surface area contributed by atoms with Gasteiger partial charge in [0.1, 0.15) is 5.75 Å². The number of ether oxygens (including phenoxy) is 1. The molecule has 0 atom stereocenters. The molecule has 1 heterocycles. The first-order valence-corrected chi connectivity index (χ1v) is 7.93. The average Bonchev–Trinajstić information content (AvgIpc) is 2.49. The Bertz CT molecular complexity index is 548. The molecule has 0 spiro atoms. The number of halogens is 1. The molecule has 1 N–H and O–H groups in total. The number of nitrogens with one attached hydrogen (secondary N) is 1. The van der Waals surface area contributed by atoms with Gasteiger partial charge in [-0.05, 0) is 31.9 Å². The van der Waals surface area contributed by atoms with Crippen LogP contribution < -0.4 is 10.1 Å². The van der Waals surface area contributed by atoms with E-state index in [1.165, 1.54) is 0 Å². The topological polar surface area (TPSA) is 58.6 Å². The Morgan fingerprint density at radius 3 is 2.95 bits per heavy atom. The normalized spacial score (nSPS) is 14.8. The predicted molar refractivity (Wildman–Crippen MR) is 84.9 cm³/mol. The molecule has 1 aromatic rings. The first-order chi connectivity index (χ1) is 10.6. The molecule has 0 bridgehead atoms. The van der Waals surface area contributed by atoms with E-state index in [0.29, 0.717) is 36.9 Å². The van der Waals surface area contributed by atoms with Crippen LogP contribution in [0.5, 0.6) is 5.75 Å². The van der Waals surface area contributed by atoms with Crippen LogP contribution in [0.4, 0.5) is 0 Å². The van der Waals surface area contributed by atoms with E-state index in [4.69, 9.17) is 16.3 Å². The van der Waals surface area contributed by atoms with Gasteiger partial charge in [0.15, 0.2) is 0 Å². The van der Waals surface area contributed by atoms with Crippen LogP contribution in [0.1, 0.15) is 31.7 Å². The highest BCUT2D eigenvalue weighted by Gasteiger charge is 2.20. The Labute approximate surface area is 135 Å². The highest BCUT2D eigenvalue weighted by Crippen LogP contribution is 2.23. The van der Waals surface area contributed by atoms with Crippen molar-refractivity contribution < 1.29 is 14.3 Å². The first-order valence-electron chi connectivity index (χ1n) is 7.56. The van der Waals surface area contributed by atoms with Gasteiger partial charge in [0.05, 0.1) is 13.2 Å². The van der Waals surface area contributed by atoms with Crippen LogP contribution in [0.15, 0.2) is 18.2 Å². The minimum atomic E-state index is -0.160. The van der Waals surface area contributed by atoms with Gasteiger partial charge in [0, 0.05) is 30.1 Å². The molecule has 2 amide bonds. The van der Waals surface area contributed by atoms with Crippen LogP contribution in [0, 0.1) is 0 Å². The van der Waals surface area contributed by atoms with Crippen molar-refractivity contribution >= 4 is 23.4 Å². The number of piperidine rings is 1. The lowest BCUT2D eigenvalue weighted by Gasteiger charge is -2.26. The molecule has 1 aromatic carbocycles. The van der Waals surface area contributed by atoms with Crippen molar-refractivity contribution in [2.24, 2.45) is 0 Å². The maximum atomic E-state index is 12.0. The molecule has 0 aliphatic carbocycles. The third-order valence-corrected chi connectivity index (χ3v) is 3.80. The van der Waals surface area contributed by atoms with Gasteiger partial charge in [0.2, 0.25) is 11.8 Å². The number of nitrogens with zero attached hydrogens (tertiary/aromatic N) is 1. The van der Waals surface area contributed by atoms with E-state index in [0.717, 1.165) is 18.4 Å². The molecule has 0 unspecified atom stereocenters. The number of likely N-dealkylation sites (tertiary alicyclic amines) is 1. The SMILES string of the molecule is CCOc1cc(Cl)ccc1CNC(=O)CN1CCCCC1=O. The second kappa shape index (κ2) is 8.03. The van der Waals surface area contributed by atoms with Gasteiger partial charge in [-0.25, -0.2) is 0 Å². The molecular formula is C16H21ClN2O3. The molecule has 1 aliphatic heterocycles. The Hall–Kier alpha value is -1.75. The minimum absolute atomic E-state index is 0.0582. The molecule has 22 heavy (non-hydrogen) atoms. The summed E-state index contributed by atoms with van der Waals surface area (Å²) >= 11 is 5.95. The van der Waals surface area contributed by atoms with Gasteiger partial charge in [-0.2, -0.15) is 0 Å². The fraction of sp³-hybridized carbons (Fsp3) is 0.500. The van der Waals surface area contributed by atoms with E-state index in [1.807, 2.05) is 13.0 Å². The number of carbonyl (C=O) groups excluding carboxylic acids is 2. The van der Waals surface area contributed by atoms with Crippen molar-refractivity contribution in [1.82, 2.24) is 10.2 Å². The quantitative estimate of drug-likeness (QED) is 0.874. The van der Waals surface area contributed by atoms with Gasteiger partial charge < -0.3 is 15.0 Å². The Morgan fingerprint density at radius 1 is 1.41 bits per heavy atom. The minimum Gasteiger partial charge on any atom is -0.493 e. The fourth-order valence-electron chi connectivity index (χ4n) is 2.42. The largest absolute Gasteiger partial charge is 0.493 e. The zero-order chi connectivity index (χ0) is 15.9. The van der Waals surface area contributed by atoms with Crippen LogP contribution in [-0.4, -0.2) is 36.4 Å². The average molecular weight is 325 g/mol. The molecular weight excluding hydrogens is 304 g/mol. The summed E-state index contributed by atoms with van der Waals surface area (Å²) in [5, 5.41) is 3.42. The van der Waals surface area contributed by atoms with Crippen LogP contribution in [-0.2, 0) is 16.1 Å². The summed E-state index contributed by atoms with van der Waals surface area (Å²) < 4.78 is 5.52. The number of hydrogen-bond donors (Lipinski definition) is 1. The number of hydrogen-bond acceptors (Lipinski definition) is 3. The van der Waals surface area contributed by atoms with Crippen LogP contribution >= 0.6 is 11.6 Å². The van der Waals surface area contributed by atoms with E-state index >= 15 is 0 Å². The third-order valence-electron chi connectivity index (χ3n) is 3.56. The van der Waals surface area contributed by atoms with Crippen molar-refractivity contribution in [1.29, 1.82) is 0 Å². The van der Waals surface area contributed by atoms with Crippen LogP contribution in [0.3, 0.4) is 0 Å². The van der Waals surface area contributed by atoms with Crippen molar-refractivity contribution in [3.05, 3.63) is 28.8 Å². The van der Waals surface area contributed by atoms with Gasteiger partial charge >= 0.3 is 0 Å². The van der Waals surface area contributed by atoms with E-state index in [2.05, 4.69) is 5.32 Å². The van der Waals surface area contributed by atoms with E-state index in [1.54, 1.807) is 17.0 Å². The molecule has 1 aliphatic rings. The second-order valence-electron chi connectivity index (χ2n) is 5.23. The smallest absolute Gasteiger partial charge is 0.239 e. The molecule has 0 saturated carbocycles. The Balaban J connectivity index is 1.89. The van der Waals surface area contributed by atoms with Gasteiger partial charge in [-0.1, -0.05) is 17.7 Å². The van der Waals surface area contributed by atoms with Gasteiger partial charge in [-0.15, -0.1) is 0 Å². The lowest BCUT2D eigenvalue weighted by atomic mass is 10.1. The van der Waals surface area contributed by atoms with E-state index < -0.39 is 0 Å². The summed E-state index contributed by atoms with van der Waals surface area (Å²) in [4.78, 5) is 25.3. The third kappa shape index (κ3) is 4.63. The molecule has 0 radical (unpaired) electrons. The Kier molecular flexibility index (Phi) is 6.07. The molecule has 5 nitrogen and oxygen atoms in total. The standard InChI is InChI=1S/C16H21ClN2O3/c1-2-22-14-9-13(17)7-6-12(14)10-18-15(20)11-19-8-4-3-5-16(19)21/h6-7,9H,2-5,8,10-11H2,1H3,(H,18,20). The number of benzene rings is 1. The molecule has 1 fully saturated rings. The molecule has 1 saturated heterocycles. The van der Waals surface area contributed by atoms with E-state index in [9.17, 15) is 9.59 Å². The first kappa shape index (κ1) is 16.6.